The van der Waals surface area contributed by atoms with Crippen LogP contribution in [-0.4, -0.2) is 49.0 Å². The van der Waals surface area contributed by atoms with Gasteiger partial charge in [-0.25, -0.2) is 4.79 Å². The molecule has 0 radical (unpaired) electrons. The molecule has 0 aliphatic rings. The Kier molecular flexibility index (Phi) is 6.59. The van der Waals surface area contributed by atoms with E-state index in [0.29, 0.717) is 5.56 Å². The van der Waals surface area contributed by atoms with E-state index in [1.165, 1.54) is 38.3 Å². The molecular weight excluding hydrogens is 331 g/mol. The van der Waals surface area contributed by atoms with Crippen molar-refractivity contribution in [1.82, 2.24) is 5.32 Å². The fourth-order valence-corrected chi connectivity index (χ4v) is 1.89. The number of nitrogens with one attached hydrogen (secondary N) is 1. The van der Waals surface area contributed by atoms with Crippen LogP contribution < -0.4 is 10.1 Å². The van der Waals surface area contributed by atoms with Crippen LogP contribution in [0.1, 0.15) is 12.5 Å². The third-order valence-electron chi connectivity index (χ3n) is 2.99. The first kappa shape index (κ1) is 19.8. The van der Waals surface area contributed by atoms with E-state index in [0.717, 1.165) is 0 Å². The van der Waals surface area contributed by atoms with Gasteiger partial charge < -0.3 is 19.9 Å². The summed E-state index contributed by atoms with van der Waals surface area (Å²) in [5.41, 5.74) is -1.21. The van der Waals surface area contributed by atoms with Gasteiger partial charge in [-0.1, -0.05) is 12.1 Å². The summed E-state index contributed by atoms with van der Waals surface area (Å²) in [6, 6.07) is 5.59. The SMILES string of the molecule is COCC(C)(NC(=O)Cc1cccc(OCC(F)(F)F)c1)C(=O)O. The Morgan fingerprint density at radius 2 is 1.92 bits per heavy atom. The number of carboxylic acids is 1. The van der Waals surface area contributed by atoms with Crippen molar-refractivity contribution >= 4 is 11.9 Å². The maximum absolute atomic E-state index is 12.1. The number of amides is 1. The van der Waals surface area contributed by atoms with Crippen molar-refractivity contribution in [2.45, 2.75) is 25.1 Å². The van der Waals surface area contributed by atoms with Crippen molar-refractivity contribution < 1.29 is 37.3 Å². The van der Waals surface area contributed by atoms with E-state index >= 15 is 0 Å². The molecule has 0 saturated carbocycles. The van der Waals surface area contributed by atoms with Gasteiger partial charge in [0.25, 0.3) is 0 Å². The minimum Gasteiger partial charge on any atom is -0.484 e. The van der Waals surface area contributed by atoms with E-state index in [9.17, 15) is 22.8 Å². The molecule has 1 aromatic carbocycles. The second-order valence-corrected chi connectivity index (χ2v) is 5.35. The van der Waals surface area contributed by atoms with Crippen LogP contribution in [0.3, 0.4) is 0 Å². The van der Waals surface area contributed by atoms with Gasteiger partial charge in [-0.2, -0.15) is 13.2 Å². The van der Waals surface area contributed by atoms with Gasteiger partial charge in [0.15, 0.2) is 12.1 Å². The van der Waals surface area contributed by atoms with Crippen molar-refractivity contribution in [1.29, 1.82) is 0 Å². The summed E-state index contributed by atoms with van der Waals surface area (Å²) in [6.07, 6.45) is -4.67. The van der Waals surface area contributed by atoms with Crippen LogP contribution in [0, 0.1) is 0 Å². The number of carbonyl (C=O) groups excluding carboxylic acids is 1. The number of ether oxygens (including phenoxy) is 2. The van der Waals surface area contributed by atoms with Crippen molar-refractivity contribution in [3.05, 3.63) is 29.8 Å². The fourth-order valence-electron chi connectivity index (χ4n) is 1.89. The predicted molar refractivity (Wildman–Crippen MR) is 77.8 cm³/mol. The maximum Gasteiger partial charge on any atom is 0.422 e. The minimum atomic E-state index is -4.46. The van der Waals surface area contributed by atoms with E-state index < -0.39 is 30.2 Å². The van der Waals surface area contributed by atoms with Crippen molar-refractivity contribution in [3.8, 4) is 5.75 Å². The van der Waals surface area contributed by atoms with Gasteiger partial charge in [0.05, 0.1) is 13.0 Å². The molecule has 1 amide bonds. The zero-order valence-corrected chi connectivity index (χ0v) is 13.1. The monoisotopic (exact) mass is 349 g/mol. The van der Waals surface area contributed by atoms with Crippen LogP contribution in [0.2, 0.25) is 0 Å². The Bertz CT molecular complexity index is 591. The molecule has 1 atom stereocenters. The number of aliphatic carboxylic acids is 1. The Morgan fingerprint density at radius 1 is 1.25 bits per heavy atom. The Balaban J connectivity index is 2.72. The van der Waals surface area contributed by atoms with E-state index in [4.69, 9.17) is 9.84 Å². The number of hydrogen-bond acceptors (Lipinski definition) is 4. The van der Waals surface area contributed by atoms with Gasteiger partial charge >= 0.3 is 12.1 Å². The highest BCUT2D eigenvalue weighted by Crippen LogP contribution is 2.19. The largest absolute Gasteiger partial charge is 0.484 e. The summed E-state index contributed by atoms with van der Waals surface area (Å²) in [7, 11) is 1.30. The second-order valence-electron chi connectivity index (χ2n) is 5.35. The molecule has 0 saturated heterocycles. The summed E-state index contributed by atoms with van der Waals surface area (Å²) >= 11 is 0. The maximum atomic E-state index is 12.1. The first-order valence-electron chi connectivity index (χ1n) is 6.87. The molecule has 1 rings (SSSR count). The molecule has 9 heteroatoms. The minimum absolute atomic E-state index is 0.0319. The van der Waals surface area contributed by atoms with Gasteiger partial charge in [-0.15, -0.1) is 0 Å². The van der Waals surface area contributed by atoms with Crippen molar-refractivity contribution in [2.24, 2.45) is 0 Å². The molecule has 0 heterocycles. The Morgan fingerprint density at radius 3 is 2.46 bits per heavy atom. The lowest BCUT2D eigenvalue weighted by molar-refractivity contribution is -0.153. The lowest BCUT2D eigenvalue weighted by atomic mass is 10.0. The summed E-state index contributed by atoms with van der Waals surface area (Å²) in [4.78, 5) is 23.2. The van der Waals surface area contributed by atoms with E-state index in [-0.39, 0.29) is 18.8 Å². The second kappa shape index (κ2) is 8.00. The van der Waals surface area contributed by atoms with Crippen LogP contribution in [0.4, 0.5) is 13.2 Å². The van der Waals surface area contributed by atoms with Gasteiger partial charge in [0.1, 0.15) is 5.75 Å². The number of alkyl halides is 3. The zero-order valence-electron chi connectivity index (χ0n) is 13.1. The number of carboxylic acid groups (broad SMARTS) is 1. The zero-order chi connectivity index (χ0) is 18.4. The van der Waals surface area contributed by atoms with Crippen molar-refractivity contribution in [2.75, 3.05) is 20.3 Å². The highest BCUT2D eigenvalue weighted by atomic mass is 19.4. The highest BCUT2D eigenvalue weighted by Gasteiger charge is 2.35. The Hall–Kier alpha value is -2.29. The third-order valence-corrected chi connectivity index (χ3v) is 2.99. The summed E-state index contributed by atoms with van der Waals surface area (Å²) in [6.45, 7) is -0.379. The van der Waals surface area contributed by atoms with Crippen LogP contribution in [0.15, 0.2) is 24.3 Å². The number of benzene rings is 1. The van der Waals surface area contributed by atoms with Crippen LogP contribution in [0.25, 0.3) is 0 Å². The van der Waals surface area contributed by atoms with Crippen molar-refractivity contribution in [3.63, 3.8) is 0 Å². The summed E-state index contributed by atoms with van der Waals surface area (Å²) in [5.74, 6) is -1.90. The van der Waals surface area contributed by atoms with E-state index in [2.05, 4.69) is 10.1 Å². The van der Waals surface area contributed by atoms with Crippen LogP contribution >= 0.6 is 0 Å². The molecule has 1 aromatic rings. The molecule has 0 aliphatic heterocycles. The first-order valence-corrected chi connectivity index (χ1v) is 6.87. The standard InChI is InChI=1S/C15H18F3NO5/c1-14(8-23-2,13(21)22)19-12(20)7-10-4-3-5-11(6-10)24-9-15(16,17)18/h3-6H,7-9H2,1-2H3,(H,19,20)(H,21,22). The molecule has 0 bridgehead atoms. The average molecular weight is 349 g/mol. The normalized spacial score (nSPS) is 13.9. The molecule has 2 N–H and O–H groups in total. The molecule has 24 heavy (non-hydrogen) atoms. The molecular formula is C15H18F3NO5. The number of rotatable bonds is 8. The molecule has 134 valence electrons. The lowest BCUT2D eigenvalue weighted by Crippen LogP contribution is -2.55. The molecule has 0 spiro atoms. The highest BCUT2D eigenvalue weighted by molar-refractivity contribution is 5.87. The fraction of sp³-hybridized carbons (Fsp3) is 0.467. The predicted octanol–water partition coefficient (Wildman–Crippen LogP) is 1.78. The van der Waals surface area contributed by atoms with Gasteiger partial charge in [0, 0.05) is 7.11 Å². The smallest absolute Gasteiger partial charge is 0.422 e. The first-order chi connectivity index (χ1) is 11.1. The summed E-state index contributed by atoms with van der Waals surface area (Å²) in [5, 5.41) is 11.5. The summed E-state index contributed by atoms with van der Waals surface area (Å²) < 4.78 is 45.8. The van der Waals surface area contributed by atoms with E-state index in [1.807, 2.05) is 0 Å². The van der Waals surface area contributed by atoms with Crippen LogP contribution in [0.5, 0.6) is 5.75 Å². The molecule has 6 nitrogen and oxygen atoms in total. The van der Waals surface area contributed by atoms with Crippen LogP contribution in [-0.2, 0) is 20.7 Å². The average Bonchev–Trinajstić information content (AvgIpc) is 2.44. The van der Waals surface area contributed by atoms with Gasteiger partial charge in [-0.05, 0) is 24.6 Å². The molecule has 0 aliphatic carbocycles. The Labute approximate surface area is 136 Å². The molecule has 1 unspecified atom stereocenters. The van der Waals surface area contributed by atoms with E-state index in [1.54, 1.807) is 0 Å². The quantitative estimate of drug-likeness (QED) is 0.747. The molecule has 0 aromatic heterocycles. The number of hydrogen-bond donors (Lipinski definition) is 2. The van der Waals surface area contributed by atoms with Gasteiger partial charge in [0.2, 0.25) is 5.91 Å². The third kappa shape index (κ3) is 6.45. The molecule has 0 fully saturated rings. The van der Waals surface area contributed by atoms with Gasteiger partial charge in [-0.3, -0.25) is 4.79 Å². The number of methoxy groups -OCH3 is 1. The number of carbonyl (C=O) groups is 2. The lowest BCUT2D eigenvalue weighted by Gasteiger charge is -2.25. The number of halogens is 3. The topological polar surface area (TPSA) is 84.9 Å².